The largest absolute Gasteiger partial charge is 0.454 e. The lowest BCUT2D eigenvalue weighted by molar-refractivity contribution is -0.118. The quantitative estimate of drug-likeness (QED) is 0.561. The number of carbonyl (C=O) groups excluding carboxylic acids is 1. The highest BCUT2D eigenvalue weighted by molar-refractivity contribution is 7.22. The van der Waals surface area contributed by atoms with E-state index in [-0.39, 0.29) is 19.1 Å². The van der Waals surface area contributed by atoms with E-state index in [0.29, 0.717) is 28.2 Å². The molecule has 0 atom stereocenters. The highest BCUT2D eigenvalue weighted by atomic mass is 35.5. The fourth-order valence-corrected chi connectivity index (χ4v) is 4.52. The summed E-state index contributed by atoms with van der Waals surface area (Å²) in [6.45, 7) is 1.70. The lowest BCUT2D eigenvalue weighted by atomic mass is 10.1. The van der Waals surface area contributed by atoms with Crippen LogP contribution >= 0.6 is 22.9 Å². The number of thiazole rings is 1. The topological polar surface area (TPSA) is 54.9 Å². The number of para-hydroxylation sites is 1. The minimum atomic E-state index is -0.00204. The van der Waals surface area contributed by atoms with Gasteiger partial charge in [-0.1, -0.05) is 35.1 Å². The SMILES string of the molecule is CN(C)CCCN(C(=O)Cc1ccc2c(c1)OCO2)c1nc2c(Cl)cccc2s1. The smallest absolute Gasteiger partial charge is 0.233 e. The molecule has 0 aliphatic carbocycles. The highest BCUT2D eigenvalue weighted by Crippen LogP contribution is 2.35. The second-order valence-electron chi connectivity index (χ2n) is 7.15. The molecular weight excluding hydrogens is 410 g/mol. The van der Waals surface area contributed by atoms with E-state index in [9.17, 15) is 4.79 Å². The lowest BCUT2D eigenvalue weighted by Gasteiger charge is -2.21. The number of aromatic nitrogens is 1. The lowest BCUT2D eigenvalue weighted by Crippen LogP contribution is -2.34. The molecule has 2 heterocycles. The summed E-state index contributed by atoms with van der Waals surface area (Å²) in [6.07, 6.45) is 1.12. The molecule has 29 heavy (non-hydrogen) atoms. The van der Waals surface area contributed by atoms with Gasteiger partial charge in [0.25, 0.3) is 0 Å². The molecule has 0 unspecified atom stereocenters. The molecule has 1 aliphatic heterocycles. The summed E-state index contributed by atoms with van der Waals surface area (Å²) >= 11 is 7.78. The van der Waals surface area contributed by atoms with E-state index in [2.05, 4.69) is 9.88 Å². The number of rotatable bonds is 7. The van der Waals surface area contributed by atoms with Crippen LogP contribution in [0.5, 0.6) is 11.5 Å². The van der Waals surface area contributed by atoms with Crippen LogP contribution in [0, 0.1) is 0 Å². The van der Waals surface area contributed by atoms with Crippen molar-refractivity contribution in [2.75, 3.05) is 38.9 Å². The van der Waals surface area contributed by atoms with Crippen LogP contribution in [0.4, 0.5) is 5.13 Å². The molecule has 3 aromatic rings. The van der Waals surface area contributed by atoms with Crippen molar-refractivity contribution >= 4 is 44.2 Å². The van der Waals surface area contributed by atoms with Crippen LogP contribution < -0.4 is 14.4 Å². The molecule has 4 rings (SSSR count). The Morgan fingerprint density at radius 2 is 2.00 bits per heavy atom. The van der Waals surface area contributed by atoms with Crippen LogP contribution in [0.25, 0.3) is 10.2 Å². The molecule has 0 bridgehead atoms. The zero-order chi connectivity index (χ0) is 20.4. The van der Waals surface area contributed by atoms with Gasteiger partial charge in [-0.25, -0.2) is 4.98 Å². The predicted octanol–water partition coefficient (Wildman–Crippen LogP) is 4.21. The van der Waals surface area contributed by atoms with Gasteiger partial charge < -0.3 is 14.4 Å². The Hall–Kier alpha value is -2.35. The van der Waals surface area contributed by atoms with Crippen LogP contribution in [-0.4, -0.2) is 49.8 Å². The van der Waals surface area contributed by atoms with E-state index in [1.807, 2.05) is 50.5 Å². The standard InChI is InChI=1S/C21H22ClN3O3S/c1-24(2)9-4-10-25(21-23-20-15(22)5-3-6-18(20)29-21)19(26)12-14-7-8-16-17(11-14)28-13-27-16/h3,5-8,11H,4,9-10,12-13H2,1-2H3. The third-order valence-electron chi connectivity index (χ3n) is 4.67. The third kappa shape index (κ3) is 4.47. The number of fused-ring (bicyclic) bond motifs is 2. The van der Waals surface area contributed by atoms with Crippen LogP contribution in [0.15, 0.2) is 36.4 Å². The third-order valence-corrected chi connectivity index (χ3v) is 6.02. The number of hydrogen-bond donors (Lipinski definition) is 0. The van der Waals surface area contributed by atoms with Gasteiger partial charge in [0.1, 0.15) is 5.52 Å². The minimum absolute atomic E-state index is 0.00204. The number of hydrogen-bond acceptors (Lipinski definition) is 6. The van der Waals surface area contributed by atoms with Crippen LogP contribution in [0.3, 0.4) is 0 Å². The van der Waals surface area contributed by atoms with Crippen molar-refractivity contribution in [2.45, 2.75) is 12.8 Å². The Morgan fingerprint density at radius 1 is 1.17 bits per heavy atom. The summed E-state index contributed by atoms with van der Waals surface area (Å²) in [6, 6.07) is 11.3. The van der Waals surface area contributed by atoms with E-state index in [4.69, 9.17) is 21.1 Å². The first-order valence-corrected chi connectivity index (χ1v) is 10.6. The Bertz CT molecular complexity index is 1040. The average molecular weight is 432 g/mol. The first-order chi connectivity index (χ1) is 14.0. The summed E-state index contributed by atoms with van der Waals surface area (Å²) in [7, 11) is 4.05. The summed E-state index contributed by atoms with van der Waals surface area (Å²) in [5.41, 5.74) is 1.62. The van der Waals surface area contributed by atoms with E-state index >= 15 is 0 Å². The van der Waals surface area contributed by atoms with Crippen molar-refractivity contribution < 1.29 is 14.3 Å². The van der Waals surface area contributed by atoms with Gasteiger partial charge in [0.15, 0.2) is 16.6 Å². The van der Waals surface area contributed by atoms with Crippen LogP contribution in [-0.2, 0) is 11.2 Å². The summed E-state index contributed by atoms with van der Waals surface area (Å²) in [4.78, 5) is 21.8. The molecule has 6 nitrogen and oxygen atoms in total. The molecule has 0 saturated heterocycles. The summed E-state index contributed by atoms with van der Waals surface area (Å²) in [5, 5.41) is 1.28. The van der Waals surface area contributed by atoms with Gasteiger partial charge >= 0.3 is 0 Å². The van der Waals surface area contributed by atoms with Gasteiger partial charge in [-0.2, -0.15) is 0 Å². The van der Waals surface area contributed by atoms with Crippen molar-refractivity contribution in [3.05, 3.63) is 47.0 Å². The fourth-order valence-electron chi connectivity index (χ4n) is 3.21. The van der Waals surface area contributed by atoms with Crippen molar-refractivity contribution in [3.63, 3.8) is 0 Å². The van der Waals surface area contributed by atoms with E-state index < -0.39 is 0 Å². The molecule has 1 aromatic heterocycles. The molecule has 1 aliphatic rings. The van der Waals surface area contributed by atoms with Gasteiger partial charge in [0.05, 0.1) is 16.1 Å². The summed E-state index contributed by atoms with van der Waals surface area (Å²) < 4.78 is 11.8. The molecule has 0 fully saturated rings. The Kier molecular flexibility index (Phi) is 5.89. The highest BCUT2D eigenvalue weighted by Gasteiger charge is 2.22. The molecule has 0 N–H and O–H groups in total. The Morgan fingerprint density at radius 3 is 2.79 bits per heavy atom. The van der Waals surface area contributed by atoms with Crippen molar-refractivity contribution in [2.24, 2.45) is 0 Å². The number of ether oxygens (including phenoxy) is 2. The molecular formula is C21H22ClN3O3S. The molecule has 1 amide bonds. The number of carbonyl (C=O) groups is 1. The first kappa shape index (κ1) is 19.9. The maximum absolute atomic E-state index is 13.2. The van der Waals surface area contributed by atoms with Gasteiger partial charge in [0, 0.05) is 6.54 Å². The predicted molar refractivity (Wildman–Crippen MR) is 116 cm³/mol. The van der Waals surface area contributed by atoms with E-state index in [1.54, 1.807) is 4.90 Å². The monoisotopic (exact) mass is 431 g/mol. The van der Waals surface area contributed by atoms with Gasteiger partial charge in [-0.15, -0.1) is 0 Å². The molecule has 0 spiro atoms. The second-order valence-corrected chi connectivity index (χ2v) is 8.57. The molecule has 152 valence electrons. The Labute approximate surface area is 178 Å². The van der Waals surface area contributed by atoms with Crippen molar-refractivity contribution in [1.82, 2.24) is 9.88 Å². The maximum atomic E-state index is 13.2. The number of amides is 1. The van der Waals surface area contributed by atoms with E-state index in [0.717, 1.165) is 28.7 Å². The van der Waals surface area contributed by atoms with Crippen molar-refractivity contribution in [1.29, 1.82) is 0 Å². The number of benzene rings is 2. The minimum Gasteiger partial charge on any atom is -0.454 e. The average Bonchev–Trinajstić information content (AvgIpc) is 3.32. The van der Waals surface area contributed by atoms with Crippen LogP contribution in [0.1, 0.15) is 12.0 Å². The van der Waals surface area contributed by atoms with Crippen molar-refractivity contribution in [3.8, 4) is 11.5 Å². The molecule has 2 aromatic carbocycles. The number of anilines is 1. The Balaban J connectivity index is 1.58. The molecule has 8 heteroatoms. The maximum Gasteiger partial charge on any atom is 0.233 e. The van der Waals surface area contributed by atoms with Gasteiger partial charge in [-0.05, 0) is 56.9 Å². The zero-order valence-electron chi connectivity index (χ0n) is 16.4. The zero-order valence-corrected chi connectivity index (χ0v) is 17.9. The number of nitrogens with zero attached hydrogens (tertiary/aromatic N) is 3. The second kappa shape index (κ2) is 8.57. The normalized spacial score (nSPS) is 12.7. The van der Waals surface area contributed by atoms with Gasteiger partial charge in [0.2, 0.25) is 12.7 Å². The fraction of sp³-hybridized carbons (Fsp3) is 0.333. The van der Waals surface area contributed by atoms with Crippen LogP contribution in [0.2, 0.25) is 5.02 Å². The first-order valence-electron chi connectivity index (χ1n) is 9.40. The van der Waals surface area contributed by atoms with Gasteiger partial charge in [-0.3, -0.25) is 9.69 Å². The molecule has 0 radical (unpaired) electrons. The summed E-state index contributed by atoms with van der Waals surface area (Å²) in [5.74, 6) is 1.39. The number of halogens is 1. The molecule has 0 saturated carbocycles. The van der Waals surface area contributed by atoms with E-state index in [1.165, 1.54) is 11.3 Å².